The molecule has 0 fully saturated rings. The summed E-state index contributed by atoms with van der Waals surface area (Å²) in [4.78, 5) is 14.5. The predicted molar refractivity (Wildman–Crippen MR) is 50.5 cm³/mol. The van der Waals surface area contributed by atoms with Crippen LogP contribution in [0.4, 0.5) is 5.95 Å². The van der Waals surface area contributed by atoms with Crippen molar-refractivity contribution in [2.24, 2.45) is 0 Å². The molecule has 0 unspecified atom stereocenters. The molecule has 0 saturated heterocycles. The maximum atomic E-state index is 11.3. The van der Waals surface area contributed by atoms with E-state index in [-0.39, 0.29) is 5.95 Å². The van der Waals surface area contributed by atoms with Crippen molar-refractivity contribution >= 4 is 21.9 Å². The number of H-pyrrole nitrogens is 1. The van der Waals surface area contributed by atoms with Crippen molar-refractivity contribution in [2.45, 2.75) is 6.92 Å². The van der Waals surface area contributed by atoms with Gasteiger partial charge in [-0.05, 0) is 6.92 Å². The van der Waals surface area contributed by atoms with Crippen LogP contribution in [-0.4, -0.2) is 42.4 Å². The normalized spacial score (nSPS) is 11.1. The lowest BCUT2D eigenvalue weighted by Crippen LogP contribution is -2.24. The monoisotopic (exact) mass is 234 g/mol. The Morgan fingerprint density at radius 2 is 2.27 bits per heavy atom. The number of aromatic nitrogens is 3. The average Bonchev–Trinajstić information content (AvgIpc) is 2.49. The lowest BCUT2D eigenvalue weighted by molar-refractivity contribution is -0.137. The summed E-state index contributed by atoms with van der Waals surface area (Å²) < 4.78 is 28.8. The molecule has 0 aromatic carbocycles. The van der Waals surface area contributed by atoms with E-state index in [0.29, 0.717) is 5.82 Å². The quantitative estimate of drug-likeness (QED) is 0.648. The van der Waals surface area contributed by atoms with Gasteiger partial charge in [0.2, 0.25) is 10.0 Å². The summed E-state index contributed by atoms with van der Waals surface area (Å²) >= 11 is 0. The molecule has 0 spiro atoms. The topological polar surface area (TPSA) is 114 Å². The third kappa shape index (κ3) is 3.54. The molecule has 0 atom stereocenters. The van der Waals surface area contributed by atoms with Crippen LogP contribution >= 0.6 is 0 Å². The Labute approximate surface area is 86.1 Å². The highest BCUT2D eigenvalue weighted by Crippen LogP contribution is 2.01. The number of esters is 1. The number of sulfonamides is 1. The van der Waals surface area contributed by atoms with Gasteiger partial charge in [-0.15, -0.1) is 5.10 Å². The second-order valence-corrected chi connectivity index (χ2v) is 4.40. The summed E-state index contributed by atoms with van der Waals surface area (Å²) in [7, 11) is -2.70. The SMILES string of the molecule is COC(=O)CS(=O)(=O)Nc1n[nH]c(C)n1. The first-order valence-corrected chi connectivity index (χ1v) is 5.54. The van der Waals surface area contributed by atoms with Crippen LogP contribution < -0.4 is 4.72 Å². The molecule has 15 heavy (non-hydrogen) atoms. The van der Waals surface area contributed by atoms with Gasteiger partial charge in [-0.2, -0.15) is 4.98 Å². The van der Waals surface area contributed by atoms with Gasteiger partial charge in [-0.25, -0.2) is 13.1 Å². The van der Waals surface area contributed by atoms with E-state index in [1.54, 1.807) is 6.92 Å². The Bertz CT molecular complexity index is 451. The molecule has 1 aromatic rings. The molecular formula is C6H10N4O4S. The highest BCUT2D eigenvalue weighted by atomic mass is 32.2. The molecule has 0 bridgehead atoms. The van der Waals surface area contributed by atoms with Crippen LogP contribution in [0, 0.1) is 6.92 Å². The predicted octanol–water partition coefficient (Wildman–Crippen LogP) is -0.972. The maximum Gasteiger partial charge on any atom is 0.322 e. The van der Waals surface area contributed by atoms with Gasteiger partial charge < -0.3 is 4.74 Å². The van der Waals surface area contributed by atoms with Gasteiger partial charge >= 0.3 is 5.97 Å². The number of rotatable bonds is 4. The van der Waals surface area contributed by atoms with E-state index in [4.69, 9.17) is 0 Å². The van der Waals surface area contributed by atoms with Crippen molar-refractivity contribution in [2.75, 3.05) is 17.6 Å². The highest BCUT2D eigenvalue weighted by molar-refractivity contribution is 7.93. The van der Waals surface area contributed by atoms with Crippen molar-refractivity contribution in [3.05, 3.63) is 5.82 Å². The molecule has 1 heterocycles. The van der Waals surface area contributed by atoms with Crippen LogP contribution in [0.15, 0.2) is 0 Å². The lowest BCUT2D eigenvalue weighted by atomic mass is 10.8. The van der Waals surface area contributed by atoms with Gasteiger partial charge in [0, 0.05) is 0 Å². The first-order valence-electron chi connectivity index (χ1n) is 3.89. The summed E-state index contributed by atoms with van der Waals surface area (Å²) in [6.07, 6.45) is 0. The van der Waals surface area contributed by atoms with Crippen LogP contribution in [0.1, 0.15) is 5.82 Å². The number of methoxy groups -OCH3 is 1. The Hall–Kier alpha value is -1.64. The van der Waals surface area contributed by atoms with Crippen LogP contribution in [0.25, 0.3) is 0 Å². The Morgan fingerprint density at radius 1 is 1.60 bits per heavy atom. The zero-order chi connectivity index (χ0) is 11.5. The number of nitrogens with zero attached hydrogens (tertiary/aromatic N) is 2. The fourth-order valence-electron chi connectivity index (χ4n) is 0.778. The van der Waals surface area contributed by atoms with Crippen molar-refractivity contribution in [1.82, 2.24) is 15.2 Å². The van der Waals surface area contributed by atoms with Crippen LogP contribution in [0.3, 0.4) is 0 Å². The molecule has 84 valence electrons. The molecule has 1 aromatic heterocycles. The van der Waals surface area contributed by atoms with E-state index in [1.807, 2.05) is 4.72 Å². The smallest absolute Gasteiger partial charge is 0.322 e. The number of nitrogens with one attached hydrogen (secondary N) is 2. The Kier molecular flexibility index (Phi) is 3.24. The van der Waals surface area contributed by atoms with Crippen molar-refractivity contribution in [3.63, 3.8) is 0 Å². The number of hydrogen-bond acceptors (Lipinski definition) is 6. The fourth-order valence-corrected chi connectivity index (χ4v) is 1.65. The standard InChI is InChI=1S/C6H10N4O4S/c1-4-7-6(9-8-4)10-15(12,13)3-5(11)14-2/h3H2,1-2H3,(H2,7,8,9,10). The van der Waals surface area contributed by atoms with Gasteiger partial charge in [0.25, 0.3) is 5.95 Å². The Balaban J connectivity index is 2.69. The first-order chi connectivity index (χ1) is 6.93. The molecule has 9 heteroatoms. The minimum absolute atomic E-state index is 0.101. The number of aryl methyl sites for hydroxylation is 1. The third-order valence-corrected chi connectivity index (χ3v) is 2.49. The van der Waals surface area contributed by atoms with E-state index in [9.17, 15) is 13.2 Å². The molecule has 0 saturated carbocycles. The number of carbonyl (C=O) groups excluding carboxylic acids is 1. The molecule has 0 amide bonds. The number of anilines is 1. The molecule has 0 aliphatic carbocycles. The minimum Gasteiger partial charge on any atom is -0.468 e. The van der Waals surface area contributed by atoms with E-state index in [2.05, 4.69) is 19.9 Å². The second kappa shape index (κ2) is 4.26. The van der Waals surface area contributed by atoms with E-state index in [0.717, 1.165) is 7.11 Å². The van der Waals surface area contributed by atoms with Crippen LogP contribution in [0.5, 0.6) is 0 Å². The zero-order valence-corrected chi connectivity index (χ0v) is 8.96. The molecular weight excluding hydrogens is 224 g/mol. The summed E-state index contributed by atoms with van der Waals surface area (Å²) in [5.41, 5.74) is 0. The summed E-state index contributed by atoms with van der Waals surface area (Å²) in [6, 6.07) is 0. The summed E-state index contributed by atoms with van der Waals surface area (Å²) in [6.45, 7) is 1.62. The first kappa shape index (κ1) is 11.4. The highest BCUT2D eigenvalue weighted by Gasteiger charge is 2.18. The number of hydrogen-bond donors (Lipinski definition) is 2. The number of ether oxygens (including phenoxy) is 1. The van der Waals surface area contributed by atoms with Crippen molar-refractivity contribution in [3.8, 4) is 0 Å². The molecule has 8 nitrogen and oxygen atoms in total. The summed E-state index contributed by atoms with van der Waals surface area (Å²) in [5.74, 6) is -1.26. The largest absolute Gasteiger partial charge is 0.468 e. The Morgan fingerprint density at radius 3 is 2.73 bits per heavy atom. The van der Waals surface area contributed by atoms with Gasteiger partial charge in [0.05, 0.1) is 7.11 Å². The lowest BCUT2D eigenvalue weighted by Gasteiger charge is -2.02. The molecule has 0 aliphatic heterocycles. The molecule has 1 rings (SSSR count). The number of aromatic amines is 1. The van der Waals surface area contributed by atoms with Gasteiger partial charge in [-0.3, -0.25) is 9.89 Å². The minimum atomic E-state index is -3.80. The average molecular weight is 234 g/mol. The van der Waals surface area contributed by atoms with Crippen LogP contribution in [-0.2, 0) is 19.6 Å². The molecule has 0 aliphatic rings. The van der Waals surface area contributed by atoms with Gasteiger partial charge in [-0.1, -0.05) is 0 Å². The van der Waals surface area contributed by atoms with Crippen molar-refractivity contribution in [1.29, 1.82) is 0 Å². The van der Waals surface area contributed by atoms with E-state index < -0.39 is 21.7 Å². The van der Waals surface area contributed by atoms with E-state index in [1.165, 1.54) is 0 Å². The van der Waals surface area contributed by atoms with Gasteiger partial charge in [0.1, 0.15) is 5.82 Å². The maximum absolute atomic E-state index is 11.3. The van der Waals surface area contributed by atoms with E-state index >= 15 is 0 Å². The number of carbonyl (C=O) groups is 1. The third-order valence-electron chi connectivity index (χ3n) is 1.38. The fraction of sp³-hybridized carbons (Fsp3) is 0.500. The molecule has 2 N–H and O–H groups in total. The summed E-state index contributed by atoms with van der Waals surface area (Å²) in [5, 5.41) is 6.01. The zero-order valence-electron chi connectivity index (χ0n) is 8.14. The van der Waals surface area contributed by atoms with Crippen LogP contribution in [0.2, 0.25) is 0 Å². The van der Waals surface area contributed by atoms with Crippen molar-refractivity contribution < 1.29 is 17.9 Å². The second-order valence-electron chi connectivity index (χ2n) is 2.68. The molecule has 0 radical (unpaired) electrons. The van der Waals surface area contributed by atoms with Gasteiger partial charge in [0.15, 0.2) is 5.75 Å².